The van der Waals surface area contributed by atoms with E-state index < -0.39 is 24.7 Å². The zero-order chi connectivity index (χ0) is 19.7. The second-order valence-corrected chi connectivity index (χ2v) is 7.44. The molecule has 150 valence electrons. The van der Waals surface area contributed by atoms with E-state index >= 15 is 0 Å². The summed E-state index contributed by atoms with van der Waals surface area (Å²) in [5.41, 5.74) is 1.94. The van der Waals surface area contributed by atoms with Gasteiger partial charge in [-0.05, 0) is 25.0 Å². The van der Waals surface area contributed by atoms with Gasteiger partial charge >= 0.3 is 6.18 Å². The normalized spacial score (nSPS) is 19.5. The van der Waals surface area contributed by atoms with Crippen LogP contribution in [0.3, 0.4) is 0 Å². The van der Waals surface area contributed by atoms with Gasteiger partial charge < -0.3 is 10.6 Å². The minimum Gasteiger partial charge on any atom is -0.350 e. The van der Waals surface area contributed by atoms with Crippen LogP contribution in [-0.4, -0.2) is 60.7 Å². The quantitative estimate of drug-likeness (QED) is 0.822. The predicted octanol–water partition coefficient (Wildman–Crippen LogP) is 2.68. The summed E-state index contributed by atoms with van der Waals surface area (Å²) in [5.74, 6) is -0.134. The molecule has 1 aliphatic heterocycles. The number of alkyl halides is 3. The first-order chi connectivity index (χ1) is 13.4. The largest absolute Gasteiger partial charge is 0.405 e. The minimum atomic E-state index is -4.40. The standard InChI is InChI=1S/C20H23F3N4O/c21-20(22,23)18(27-9-7-24-8-10-27)12-25-19(28)15-11-17(13-5-6-13)26-16-4-2-1-3-14(15)16/h1-4,11,13,18,24H,5-10,12H2,(H,25,28). The van der Waals surface area contributed by atoms with Gasteiger partial charge in [0.1, 0.15) is 6.04 Å². The van der Waals surface area contributed by atoms with Crippen LogP contribution in [0.5, 0.6) is 0 Å². The first-order valence-electron chi connectivity index (χ1n) is 9.63. The second kappa shape index (κ2) is 7.67. The molecule has 1 atom stereocenters. The number of rotatable bonds is 5. The Morgan fingerprint density at radius 1 is 1.25 bits per heavy atom. The molecule has 1 unspecified atom stereocenters. The molecule has 2 N–H and O–H groups in total. The number of carbonyl (C=O) groups is 1. The molecular formula is C20H23F3N4O. The molecule has 28 heavy (non-hydrogen) atoms. The van der Waals surface area contributed by atoms with Crippen molar-refractivity contribution in [2.45, 2.75) is 31.0 Å². The highest BCUT2D eigenvalue weighted by Crippen LogP contribution is 2.40. The molecule has 1 aliphatic carbocycles. The summed E-state index contributed by atoms with van der Waals surface area (Å²) < 4.78 is 40.7. The Balaban J connectivity index is 1.55. The van der Waals surface area contributed by atoms with Gasteiger partial charge in [-0.2, -0.15) is 13.2 Å². The molecule has 2 aliphatic rings. The molecule has 8 heteroatoms. The van der Waals surface area contributed by atoms with E-state index in [1.54, 1.807) is 18.2 Å². The van der Waals surface area contributed by atoms with Gasteiger partial charge in [-0.1, -0.05) is 18.2 Å². The van der Waals surface area contributed by atoms with E-state index in [4.69, 9.17) is 0 Å². The van der Waals surface area contributed by atoms with E-state index in [2.05, 4.69) is 15.6 Å². The Hall–Kier alpha value is -2.19. The molecule has 2 heterocycles. The molecule has 1 saturated heterocycles. The van der Waals surface area contributed by atoms with E-state index in [1.807, 2.05) is 12.1 Å². The Kier molecular flexibility index (Phi) is 5.25. The van der Waals surface area contributed by atoms with Crippen LogP contribution in [0.4, 0.5) is 13.2 Å². The topological polar surface area (TPSA) is 57.3 Å². The monoisotopic (exact) mass is 392 g/mol. The minimum absolute atomic E-state index is 0.310. The lowest BCUT2D eigenvalue weighted by atomic mass is 10.0. The Labute approximate surface area is 161 Å². The van der Waals surface area contributed by atoms with Crippen LogP contribution >= 0.6 is 0 Å². The van der Waals surface area contributed by atoms with Crippen LogP contribution in [0.2, 0.25) is 0 Å². The summed E-state index contributed by atoms with van der Waals surface area (Å²) in [6, 6.07) is 7.31. The van der Waals surface area contributed by atoms with E-state index in [-0.39, 0.29) is 0 Å². The third kappa shape index (κ3) is 4.12. The number of para-hydroxylation sites is 1. The van der Waals surface area contributed by atoms with Crippen molar-refractivity contribution < 1.29 is 18.0 Å². The lowest BCUT2D eigenvalue weighted by Gasteiger charge is -2.35. The molecule has 1 amide bonds. The van der Waals surface area contributed by atoms with Gasteiger partial charge in [0.2, 0.25) is 0 Å². The number of fused-ring (bicyclic) bond motifs is 1. The van der Waals surface area contributed by atoms with Crippen molar-refractivity contribution in [3.63, 3.8) is 0 Å². The highest BCUT2D eigenvalue weighted by atomic mass is 19.4. The summed E-state index contributed by atoms with van der Waals surface area (Å²) >= 11 is 0. The number of amides is 1. The molecule has 1 saturated carbocycles. The van der Waals surface area contributed by atoms with Crippen LogP contribution in [0, 0.1) is 0 Å². The van der Waals surface area contributed by atoms with Gasteiger partial charge in [-0.25, -0.2) is 0 Å². The van der Waals surface area contributed by atoms with Crippen LogP contribution in [0.1, 0.15) is 34.8 Å². The average molecular weight is 392 g/mol. The van der Waals surface area contributed by atoms with Gasteiger partial charge in [-0.15, -0.1) is 0 Å². The summed E-state index contributed by atoms with van der Waals surface area (Å²) in [7, 11) is 0. The van der Waals surface area contributed by atoms with Crippen molar-refractivity contribution in [1.29, 1.82) is 0 Å². The number of halogens is 3. The zero-order valence-corrected chi connectivity index (χ0v) is 15.4. The highest BCUT2D eigenvalue weighted by Gasteiger charge is 2.44. The second-order valence-electron chi connectivity index (χ2n) is 7.44. The number of pyridine rings is 1. The summed E-state index contributed by atoms with van der Waals surface area (Å²) in [6.07, 6.45) is -2.33. The summed E-state index contributed by atoms with van der Waals surface area (Å²) in [6.45, 7) is 1.19. The van der Waals surface area contributed by atoms with Crippen molar-refractivity contribution in [2.24, 2.45) is 0 Å². The maximum Gasteiger partial charge on any atom is 0.405 e. The third-order valence-electron chi connectivity index (χ3n) is 5.40. The first kappa shape index (κ1) is 19.1. The summed E-state index contributed by atoms with van der Waals surface area (Å²) in [4.78, 5) is 18.8. The number of carbonyl (C=O) groups excluding carboxylic acids is 1. The molecule has 4 rings (SSSR count). The Bertz CT molecular complexity index is 860. The summed E-state index contributed by atoms with van der Waals surface area (Å²) in [5, 5.41) is 6.25. The van der Waals surface area contributed by atoms with Crippen LogP contribution in [-0.2, 0) is 0 Å². The number of nitrogens with one attached hydrogen (secondary N) is 2. The van der Waals surface area contributed by atoms with Crippen molar-refractivity contribution in [3.8, 4) is 0 Å². The van der Waals surface area contributed by atoms with E-state index in [9.17, 15) is 18.0 Å². The van der Waals surface area contributed by atoms with E-state index in [0.29, 0.717) is 48.6 Å². The average Bonchev–Trinajstić information content (AvgIpc) is 3.52. The number of piperazine rings is 1. The third-order valence-corrected chi connectivity index (χ3v) is 5.40. The number of nitrogens with zero attached hydrogens (tertiary/aromatic N) is 2. The van der Waals surface area contributed by atoms with Crippen LogP contribution in [0.25, 0.3) is 10.9 Å². The smallest absolute Gasteiger partial charge is 0.350 e. The maximum absolute atomic E-state index is 13.6. The lowest BCUT2D eigenvalue weighted by molar-refractivity contribution is -0.183. The fourth-order valence-electron chi connectivity index (χ4n) is 3.70. The zero-order valence-electron chi connectivity index (χ0n) is 15.4. The van der Waals surface area contributed by atoms with Gasteiger partial charge in [-0.3, -0.25) is 14.7 Å². The Morgan fingerprint density at radius 3 is 2.64 bits per heavy atom. The maximum atomic E-state index is 13.6. The number of hydrogen-bond acceptors (Lipinski definition) is 4. The Morgan fingerprint density at radius 2 is 1.96 bits per heavy atom. The van der Waals surface area contributed by atoms with Gasteiger partial charge in [0.05, 0.1) is 11.1 Å². The molecule has 1 aromatic carbocycles. The first-order valence-corrected chi connectivity index (χ1v) is 9.63. The van der Waals surface area contributed by atoms with Crippen molar-refractivity contribution in [3.05, 3.63) is 41.6 Å². The molecule has 2 fully saturated rings. The molecule has 2 aromatic rings. The fourth-order valence-corrected chi connectivity index (χ4v) is 3.70. The van der Waals surface area contributed by atoms with Crippen molar-refractivity contribution in [1.82, 2.24) is 20.5 Å². The fraction of sp³-hybridized carbons (Fsp3) is 0.500. The van der Waals surface area contributed by atoms with E-state index in [0.717, 1.165) is 18.5 Å². The molecular weight excluding hydrogens is 369 g/mol. The molecule has 1 aromatic heterocycles. The number of hydrogen-bond donors (Lipinski definition) is 2. The van der Waals surface area contributed by atoms with Gasteiger partial charge in [0, 0.05) is 49.7 Å². The van der Waals surface area contributed by atoms with Crippen molar-refractivity contribution >= 4 is 16.8 Å². The lowest BCUT2D eigenvalue weighted by Crippen LogP contribution is -2.57. The van der Waals surface area contributed by atoms with E-state index in [1.165, 1.54) is 4.90 Å². The molecule has 0 bridgehead atoms. The molecule has 0 radical (unpaired) electrons. The SMILES string of the molecule is O=C(NCC(N1CCNCC1)C(F)(F)F)c1cc(C2CC2)nc2ccccc12. The van der Waals surface area contributed by atoms with Crippen LogP contribution < -0.4 is 10.6 Å². The van der Waals surface area contributed by atoms with Crippen molar-refractivity contribution in [2.75, 3.05) is 32.7 Å². The molecule has 0 spiro atoms. The van der Waals surface area contributed by atoms with Gasteiger partial charge in [0.25, 0.3) is 5.91 Å². The number of aromatic nitrogens is 1. The highest BCUT2D eigenvalue weighted by molar-refractivity contribution is 6.06. The predicted molar refractivity (Wildman–Crippen MR) is 100 cm³/mol. The molecule has 5 nitrogen and oxygen atoms in total. The number of benzene rings is 1. The van der Waals surface area contributed by atoms with Crippen LogP contribution in [0.15, 0.2) is 30.3 Å². The van der Waals surface area contributed by atoms with Gasteiger partial charge in [0.15, 0.2) is 0 Å².